The molecule has 0 unspecified atom stereocenters. The van der Waals surface area contributed by atoms with Crippen molar-refractivity contribution in [2.24, 2.45) is 5.92 Å². The molecular formula is C21H26ClN3O3. The van der Waals surface area contributed by atoms with Crippen molar-refractivity contribution in [2.45, 2.75) is 19.4 Å². The zero-order valence-electron chi connectivity index (χ0n) is 16.5. The van der Waals surface area contributed by atoms with E-state index in [2.05, 4.69) is 0 Å². The van der Waals surface area contributed by atoms with Crippen LogP contribution < -0.4 is 0 Å². The molecule has 1 fully saturated rings. The van der Waals surface area contributed by atoms with E-state index in [9.17, 15) is 9.59 Å². The maximum absolute atomic E-state index is 12.8. The first-order valence-corrected chi connectivity index (χ1v) is 9.79. The SMILES string of the molecule is CN(C)C(=O)N1CCC(C(=O)N(C)Cc2ccc(-c3ccc(Cl)cc3)o2)CC1. The molecule has 1 aromatic heterocycles. The van der Waals surface area contributed by atoms with Gasteiger partial charge in [-0.3, -0.25) is 4.79 Å². The third-order valence-corrected chi connectivity index (χ3v) is 5.31. The normalized spacial score (nSPS) is 14.8. The Hall–Kier alpha value is -2.47. The first-order valence-electron chi connectivity index (χ1n) is 9.41. The first-order chi connectivity index (χ1) is 13.3. The van der Waals surface area contributed by atoms with Gasteiger partial charge in [0.1, 0.15) is 11.5 Å². The number of rotatable bonds is 4. The summed E-state index contributed by atoms with van der Waals surface area (Å²) in [6.45, 7) is 1.65. The molecule has 28 heavy (non-hydrogen) atoms. The van der Waals surface area contributed by atoms with Crippen LogP contribution in [-0.4, -0.2) is 60.9 Å². The van der Waals surface area contributed by atoms with Crippen molar-refractivity contribution in [1.82, 2.24) is 14.7 Å². The summed E-state index contributed by atoms with van der Waals surface area (Å²) >= 11 is 5.92. The predicted molar refractivity (Wildman–Crippen MR) is 109 cm³/mol. The minimum atomic E-state index is -0.0538. The molecule has 0 saturated carbocycles. The summed E-state index contributed by atoms with van der Waals surface area (Å²) in [4.78, 5) is 29.9. The largest absolute Gasteiger partial charge is 0.459 e. The highest BCUT2D eigenvalue weighted by Crippen LogP contribution is 2.25. The smallest absolute Gasteiger partial charge is 0.319 e. The van der Waals surface area contributed by atoms with Gasteiger partial charge in [-0.15, -0.1) is 0 Å². The maximum Gasteiger partial charge on any atom is 0.319 e. The Morgan fingerprint density at radius 2 is 1.71 bits per heavy atom. The van der Waals surface area contributed by atoms with Crippen LogP contribution in [0.2, 0.25) is 5.02 Å². The molecule has 0 aliphatic carbocycles. The van der Waals surface area contributed by atoms with Crippen LogP contribution in [0.4, 0.5) is 4.79 Å². The van der Waals surface area contributed by atoms with Crippen LogP contribution in [0.25, 0.3) is 11.3 Å². The molecule has 150 valence electrons. The lowest BCUT2D eigenvalue weighted by molar-refractivity contribution is -0.136. The molecule has 2 aromatic rings. The lowest BCUT2D eigenvalue weighted by Crippen LogP contribution is -2.46. The number of amides is 3. The number of hydrogen-bond donors (Lipinski definition) is 0. The second kappa shape index (κ2) is 8.69. The van der Waals surface area contributed by atoms with Gasteiger partial charge < -0.3 is 19.1 Å². The minimum absolute atomic E-state index is 0.00423. The molecule has 0 spiro atoms. The Morgan fingerprint density at radius 1 is 1.07 bits per heavy atom. The van der Waals surface area contributed by atoms with Crippen LogP contribution >= 0.6 is 11.6 Å². The molecule has 0 atom stereocenters. The van der Waals surface area contributed by atoms with Gasteiger partial charge in [0.15, 0.2) is 0 Å². The number of carbonyl (C=O) groups is 2. The molecule has 2 heterocycles. The van der Waals surface area contributed by atoms with Crippen molar-refractivity contribution in [1.29, 1.82) is 0 Å². The number of piperidine rings is 1. The standard InChI is InChI=1S/C21H26ClN3O3/c1-23(2)21(27)25-12-10-16(11-13-25)20(26)24(3)14-18-8-9-19(28-18)15-4-6-17(22)7-5-15/h4-9,16H,10-14H2,1-3H3. The third-order valence-electron chi connectivity index (χ3n) is 5.06. The number of hydrogen-bond acceptors (Lipinski definition) is 3. The van der Waals surface area contributed by atoms with Crippen LogP contribution in [0.1, 0.15) is 18.6 Å². The Labute approximate surface area is 170 Å². The number of benzene rings is 1. The number of nitrogens with zero attached hydrogens (tertiary/aromatic N) is 3. The zero-order valence-corrected chi connectivity index (χ0v) is 17.3. The van der Waals surface area contributed by atoms with Gasteiger partial charge in [0.05, 0.1) is 6.54 Å². The Bertz CT molecular complexity index is 824. The van der Waals surface area contributed by atoms with Crippen LogP contribution in [0.15, 0.2) is 40.8 Å². The second-order valence-electron chi connectivity index (χ2n) is 7.41. The lowest BCUT2D eigenvalue weighted by atomic mass is 9.95. The first kappa shape index (κ1) is 20.3. The summed E-state index contributed by atoms with van der Waals surface area (Å²) in [5, 5.41) is 0.680. The van der Waals surface area contributed by atoms with E-state index < -0.39 is 0 Å². The van der Waals surface area contributed by atoms with Crippen LogP contribution in [0, 0.1) is 5.92 Å². The van der Waals surface area contributed by atoms with Gasteiger partial charge in [-0.25, -0.2) is 4.79 Å². The third kappa shape index (κ3) is 4.68. The number of urea groups is 1. The molecule has 3 rings (SSSR count). The number of carbonyl (C=O) groups excluding carboxylic acids is 2. The van der Waals surface area contributed by atoms with Gasteiger partial charge in [-0.2, -0.15) is 0 Å². The van der Waals surface area contributed by atoms with E-state index in [0.717, 1.165) is 17.1 Å². The van der Waals surface area contributed by atoms with Crippen molar-refractivity contribution >= 4 is 23.5 Å². The Balaban J connectivity index is 1.55. The number of furan rings is 1. The number of halogens is 1. The highest BCUT2D eigenvalue weighted by atomic mass is 35.5. The summed E-state index contributed by atoms with van der Waals surface area (Å²) in [5.41, 5.74) is 0.947. The van der Waals surface area contributed by atoms with Gasteiger partial charge in [0, 0.05) is 50.7 Å². The van der Waals surface area contributed by atoms with E-state index in [-0.39, 0.29) is 17.9 Å². The Kier molecular flexibility index (Phi) is 6.29. The van der Waals surface area contributed by atoms with Crippen molar-refractivity contribution < 1.29 is 14.0 Å². The molecule has 1 aliphatic heterocycles. The predicted octanol–water partition coefficient (Wildman–Crippen LogP) is 3.95. The van der Waals surface area contributed by atoms with E-state index in [0.29, 0.717) is 37.5 Å². The quantitative estimate of drug-likeness (QED) is 0.776. The van der Waals surface area contributed by atoms with Gasteiger partial charge >= 0.3 is 6.03 Å². The molecule has 0 N–H and O–H groups in total. The molecule has 6 nitrogen and oxygen atoms in total. The lowest BCUT2D eigenvalue weighted by Gasteiger charge is -2.34. The monoisotopic (exact) mass is 403 g/mol. The summed E-state index contributed by atoms with van der Waals surface area (Å²) in [5.74, 6) is 1.53. The van der Waals surface area contributed by atoms with Crippen molar-refractivity contribution in [3.63, 3.8) is 0 Å². The fraction of sp³-hybridized carbons (Fsp3) is 0.429. The average Bonchev–Trinajstić information content (AvgIpc) is 3.15. The van der Waals surface area contributed by atoms with Crippen molar-refractivity contribution in [2.75, 3.05) is 34.2 Å². The second-order valence-corrected chi connectivity index (χ2v) is 7.84. The molecule has 1 aliphatic rings. The number of likely N-dealkylation sites (tertiary alicyclic amines) is 1. The van der Waals surface area contributed by atoms with Crippen LogP contribution in [0.5, 0.6) is 0 Å². The zero-order chi connectivity index (χ0) is 20.3. The van der Waals surface area contributed by atoms with Crippen LogP contribution in [-0.2, 0) is 11.3 Å². The van der Waals surface area contributed by atoms with Crippen molar-refractivity contribution in [3.05, 3.63) is 47.2 Å². The van der Waals surface area contributed by atoms with Crippen molar-refractivity contribution in [3.8, 4) is 11.3 Å². The summed E-state index contributed by atoms with van der Waals surface area (Å²) in [6.07, 6.45) is 1.38. The molecule has 0 radical (unpaired) electrons. The minimum Gasteiger partial charge on any atom is -0.459 e. The summed E-state index contributed by atoms with van der Waals surface area (Å²) < 4.78 is 5.90. The van der Waals surface area contributed by atoms with Gasteiger partial charge in [-0.1, -0.05) is 11.6 Å². The molecular weight excluding hydrogens is 378 g/mol. The van der Waals surface area contributed by atoms with E-state index >= 15 is 0 Å². The fourth-order valence-electron chi connectivity index (χ4n) is 3.46. The highest BCUT2D eigenvalue weighted by Gasteiger charge is 2.29. The van der Waals surface area contributed by atoms with Gasteiger partial charge in [0.25, 0.3) is 0 Å². The average molecular weight is 404 g/mol. The molecule has 1 saturated heterocycles. The summed E-state index contributed by atoms with van der Waals surface area (Å²) in [7, 11) is 5.29. The van der Waals surface area contributed by atoms with E-state index in [1.807, 2.05) is 36.4 Å². The van der Waals surface area contributed by atoms with Gasteiger partial charge in [-0.05, 0) is 49.2 Å². The fourth-order valence-corrected chi connectivity index (χ4v) is 3.58. The summed E-state index contributed by atoms with van der Waals surface area (Å²) in [6, 6.07) is 11.3. The van der Waals surface area contributed by atoms with Gasteiger partial charge in [0.2, 0.25) is 5.91 Å². The molecule has 0 bridgehead atoms. The van der Waals surface area contributed by atoms with E-state index in [1.165, 1.54) is 0 Å². The van der Waals surface area contributed by atoms with E-state index in [1.54, 1.807) is 35.8 Å². The Morgan fingerprint density at radius 3 is 2.32 bits per heavy atom. The molecule has 1 aromatic carbocycles. The van der Waals surface area contributed by atoms with E-state index in [4.69, 9.17) is 16.0 Å². The topological polar surface area (TPSA) is 57.0 Å². The molecule has 7 heteroatoms. The van der Waals surface area contributed by atoms with Crippen LogP contribution in [0.3, 0.4) is 0 Å². The molecule has 3 amide bonds. The maximum atomic E-state index is 12.8. The highest BCUT2D eigenvalue weighted by molar-refractivity contribution is 6.30.